The van der Waals surface area contributed by atoms with Gasteiger partial charge in [0.15, 0.2) is 0 Å². The van der Waals surface area contributed by atoms with E-state index in [1.807, 2.05) is 25.1 Å². The Labute approximate surface area is 118 Å². The third-order valence-electron chi connectivity index (χ3n) is 2.62. The third-order valence-corrected chi connectivity index (χ3v) is 3.74. The quantitative estimate of drug-likeness (QED) is 0.775. The summed E-state index contributed by atoms with van der Waals surface area (Å²) in [5, 5.41) is 5.27. The fraction of sp³-hybridized carbons (Fsp3) is 0.0769. The van der Waals surface area contributed by atoms with Gasteiger partial charge in [-0.1, -0.05) is 28.9 Å². The van der Waals surface area contributed by atoms with E-state index < -0.39 is 0 Å². The van der Waals surface area contributed by atoms with Crippen LogP contribution in [-0.4, -0.2) is 10.1 Å². The number of nitrogen functional groups attached to an aromatic ring is 1. The Kier molecular flexibility index (Phi) is 3.00. The molecule has 1 aromatic carbocycles. The van der Waals surface area contributed by atoms with Crippen molar-refractivity contribution in [1.29, 1.82) is 0 Å². The van der Waals surface area contributed by atoms with E-state index in [0.717, 1.165) is 16.0 Å². The number of benzene rings is 1. The predicted octanol–water partition coefficient (Wildman–Crippen LogP) is 4.01. The van der Waals surface area contributed by atoms with Crippen LogP contribution in [0.3, 0.4) is 0 Å². The molecule has 0 saturated heterocycles. The van der Waals surface area contributed by atoms with Crippen molar-refractivity contribution in [3.8, 4) is 22.8 Å². The number of aryl methyl sites for hydroxylation is 1. The van der Waals surface area contributed by atoms with Crippen molar-refractivity contribution in [2.75, 3.05) is 5.73 Å². The van der Waals surface area contributed by atoms with Crippen molar-refractivity contribution in [3.05, 3.63) is 40.2 Å². The highest BCUT2D eigenvalue weighted by atomic mass is 35.5. The van der Waals surface area contributed by atoms with Crippen LogP contribution in [0.4, 0.5) is 5.00 Å². The van der Waals surface area contributed by atoms with Gasteiger partial charge in [-0.25, -0.2) is 0 Å². The molecule has 19 heavy (non-hydrogen) atoms. The van der Waals surface area contributed by atoms with Gasteiger partial charge >= 0.3 is 0 Å². The van der Waals surface area contributed by atoms with Crippen molar-refractivity contribution in [3.63, 3.8) is 0 Å². The fourth-order valence-corrected chi connectivity index (χ4v) is 2.75. The number of nitrogens with zero attached hydrogens (tertiary/aromatic N) is 2. The monoisotopic (exact) mass is 291 g/mol. The van der Waals surface area contributed by atoms with Crippen molar-refractivity contribution < 1.29 is 4.52 Å². The number of rotatable bonds is 2. The molecule has 0 fully saturated rings. The molecular weight excluding hydrogens is 282 g/mol. The lowest BCUT2D eigenvalue weighted by Gasteiger charge is -1.93. The van der Waals surface area contributed by atoms with Crippen molar-refractivity contribution in [1.82, 2.24) is 10.1 Å². The second-order valence-corrected chi connectivity index (χ2v) is 5.79. The zero-order chi connectivity index (χ0) is 13.4. The third kappa shape index (κ3) is 2.34. The Morgan fingerprint density at radius 3 is 2.84 bits per heavy atom. The van der Waals surface area contributed by atoms with E-state index >= 15 is 0 Å². The zero-order valence-corrected chi connectivity index (χ0v) is 11.6. The molecule has 3 rings (SSSR count). The molecule has 0 bridgehead atoms. The van der Waals surface area contributed by atoms with Gasteiger partial charge in [-0.15, -0.1) is 11.3 Å². The van der Waals surface area contributed by atoms with Gasteiger partial charge in [0, 0.05) is 15.5 Å². The SMILES string of the molecule is Cc1cc(-c2nc(-c3cccc(Cl)c3)no2)c(N)s1. The summed E-state index contributed by atoms with van der Waals surface area (Å²) < 4.78 is 5.26. The summed E-state index contributed by atoms with van der Waals surface area (Å²) in [7, 11) is 0. The molecule has 6 heteroatoms. The standard InChI is InChI=1S/C13H10ClN3OS/c1-7-5-10(11(15)19-7)13-16-12(17-18-13)8-3-2-4-9(14)6-8/h2-6H,15H2,1H3. The highest BCUT2D eigenvalue weighted by Gasteiger charge is 2.15. The maximum Gasteiger partial charge on any atom is 0.261 e. The van der Waals surface area contributed by atoms with E-state index in [-0.39, 0.29) is 0 Å². The minimum Gasteiger partial charge on any atom is -0.390 e. The first-order chi connectivity index (χ1) is 9.13. The van der Waals surface area contributed by atoms with Crippen LogP contribution in [0.1, 0.15) is 4.88 Å². The summed E-state index contributed by atoms with van der Waals surface area (Å²) in [5.74, 6) is 0.928. The molecule has 0 aliphatic carbocycles. The second kappa shape index (κ2) is 4.68. The van der Waals surface area contributed by atoms with E-state index in [1.54, 1.807) is 12.1 Å². The van der Waals surface area contributed by atoms with Gasteiger partial charge in [0.05, 0.1) is 10.6 Å². The molecule has 0 atom stereocenters. The number of aromatic nitrogens is 2. The number of nitrogens with two attached hydrogens (primary N) is 1. The van der Waals surface area contributed by atoms with E-state index in [4.69, 9.17) is 21.9 Å². The van der Waals surface area contributed by atoms with E-state index in [0.29, 0.717) is 21.7 Å². The summed E-state index contributed by atoms with van der Waals surface area (Å²) in [5.41, 5.74) is 7.51. The van der Waals surface area contributed by atoms with Gasteiger partial charge in [-0.2, -0.15) is 4.98 Å². The first-order valence-corrected chi connectivity index (χ1v) is 6.79. The van der Waals surface area contributed by atoms with E-state index in [1.165, 1.54) is 11.3 Å². The van der Waals surface area contributed by atoms with Crippen LogP contribution in [0.25, 0.3) is 22.8 Å². The molecule has 0 radical (unpaired) electrons. The lowest BCUT2D eigenvalue weighted by Crippen LogP contribution is -1.84. The number of thiophene rings is 1. The first kappa shape index (κ1) is 12.2. The van der Waals surface area contributed by atoms with Gasteiger partial charge in [0.2, 0.25) is 5.82 Å². The highest BCUT2D eigenvalue weighted by Crippen LogP contribution is 2.33. The summed E-state index contributed by atoms with van der Waals surface area (Å²) in [6.45, 7) is 1.98. The molecule has 0 aliphatic heterocycles. The number of halogens is 1. The molecule has 0 spiro atoms. The molecule has 4 nitrogen and oxygen atoms in total. The Hall–Kier alpha value is -1.85. The minimum absolute atomic E-state index is 0.428. The Morgan fingerprint density at radius 1 is 1.32 bits per heavy atom. The molecule has 0 aliphatic rings. The number of hydrogen-bond donors (Lipinski definition) is 1. The smallest absolute Gasteiger partial charge is 0.261 e. The van der Waals surface area contributed by atoms with Crippen LogP contribution >= 0.6 is 22.9 Å². The van der Waals surface area contributed by atoms with Crippen molar-refractivity contribution >= 4 is 27.9 Å². The zero-order valence-electron chi connectivity index (χ0n) is 10.1. The van der Waals surface area contributed by atoms with Crippen LogP contribution in [0.15, 0.2) is 34.9 Å². The summed E-state index contributed by atoms with van der Waals surface area (Å²) >= 11 is 7.44. The summed E-state index contributed by atoms with van der Waals surface area (Å²) in [4.78, 5) is 5.46. The molecule has 96 valence electrons. The first-order valence-electron chi connectivity index (χ1n) is 5.59. The molecule has 2 heterocycles. The maximum atomic E-state index is 5.94. The van der Waals surface area contributed by atoms with Crippen LogP contribution in [0, 0.1) is 6.92 Å². The Morgan fingerprint density at radius 2 is 2.16 bits per heavy atom. The van der Waals surface area contributed by atoms with Gasteiger partial charge in [0.25, 0.3) is 5.89 Å². The van der Waals surface area contributed by atoms with Crippen LogP contribution in [0.5, 0.6) is 0 Å². The number of anilines is 1. The van der Waals surface area contributed by atoms with Crippen LogP contribution in [-0.2, 0) is 0 Å². The number of hydrogen-bond acceptors (Lipinski definition) is 5. The molecule has 0 saturated carbocycles. The summed E-state index contributed by atoms with van der Waals surface area (Å²) in [6, 6.07) is 9.25. The minimum atomic E-state index is 0.428. The second-order valence-electron chi connectivity index (χ2n) is 4.07. The average Bonchev–Trinajstić information content (AvgIpc) is 2.96. The molecule has 2 N–H and O–H groups in total. The van der Waals surface area contributed by atoms with Gasteiger partial charge in [-0.05, 0) is 25.1 Å². The largest absolute Gasteiger partial charge is 0.390 e. The lowest BCUT2D eigenvalue weighted by molar-refractivity contribution is 0.432. The molecule has 0 unspecified atom stereocenters. The van der Waals surface area contributed by atoms with E-state index in [2.05, 4.69) is 10.1 Å². The Balaban J connectivity index is 2.02. The lowest BCUT2D eigenvalue weighted by atomic mass is 10.2. The van der Waals surface area contributed by atoms with Crippen molar-refractivity contribution in [2.24, 2.45) is 0 Å². The normalized spacial score (nSPS) is 10.8. The Bertz CT molecular complexity index is 735. The van der Waals surface area contributed by atoms with Gasteiger partial charge in [0.1, 0.15) is 0 Å². The molecule has 3 aromatic rings. The van der Waals surface area contributed by atoms with Crippen LogP contribution < -0.4 is 5.73 Å². The molecule has 0 amide bonds. The van der Waals surface area contributed by atoms with E-state index in [9.17, 15) is 0 Å². The fourth-order valence-electron chi connectivity index (χ4n) is 1.78. The molecular formula is C13H10ClN3OS. The summed E-state index contributed by atoms with van der Waals surface area (Å²) in [6.07, 6.45) is 0. The van der Waals surface area contributed by atoms with Crippen LogP contribution in [0.2, 0.25) is 5.02 Å². The highest BCUT2D eigenvalue weighted by molar-refractivity contribution is 7.16. The molecule has 2 aromatic heterocycles. The predicted molar refractivity (Wildman–Crippen MR) is 77.2 cm³/mol. The van der Waals surface area contributed by atoms with Crippen molar-refractivity contribution in [2.45, 2.75) is 6.92 Å². The average molecular weight is 292 g/mol. The maximum absolute atomic E-state index is 5.94. The van der Waals surface area contributed by atoms with Gasteiger partial charge < -0.3 is 10.3 Å². The topological polar surface area (TPSA) is 64.9 Å². The van der Waals surface area contributed by atoms with Gasteiger partial charge in [-0.3, -0.25) is 0 Å².